The van der Waals surface area contributed by atoms with E-state index in [1.165, 1.54) is 0 Å². The maximum Gasteiger partial charge on any atom is 0.0640 e. The van der Waals surface area contributed by atoms with E-state index < -0.39 is 0 Å². The van der Waals surface area contributed by atoms with Crippen molar-refractivity contribution in [3.8, 4) is 0 Å². The Balaban J connectivity index is 2.20. The molecule has 1 aromatic heterocycles. The van der Waals surface area contributed by atoms with Crippen LogP contribution in [0.4, 0.5) is 0 Å². The molecule has 0 spiro atoms. The monoisotopic (exact) mass is 265 g/mol. The molecule has 0 fully saturated rings. The first-order valence-corrected chi connectivity index (χ1v) is 6.28. The molecule has 88 valence electrons. The Labute approximate surface area is 111 Å². The van der Waals surface area contributed by atoms with E-state index in [1.807, 2.05) is 37.3 Å². The van der Waals surface area contributed by atoms with Gasteiger partial charge in [-0.05, 0) is 42.2 Å². The molecule has 0 aliphatic heterocycles. The van der Waals surface area contributed by atoms with Crippen molar-refractivity contribution < 1.29 is 0 Å². The molecule has 1 heterocycles. The largest absolute Gasteiger partial charge is 0.265 e. The molecule has 17 heavy (non-hydrogen) atoms. The van der Waals surface area contributed by atoms with Gasteiger partial charge in [0.2, 0.25) is 0 Å². The average Bonchev–Trinajstić information content (AvgIpc) is 2.34. The fourth-order valence-electron chi connectivity index (χ4n) is 1.75. The first kappa shape index (κ1) is 12.4. The maximum absolute atomic E-state index is 6.41. The summed E-state index contributed by atoms with van der Waals surface area (Å²) >= 11 is 12.7. The molecule has 0 bridgehead atoms. The molecule has 1 unspecified atom stereocenters. The van der Waals surface area contributed by atoms with E-state index in [2.05, 4.69) is 4.98 Å². The smallest absolute Gasteiger partial charge is 0.0640 e. The van der Waals surface area contributed by atoms with Gasteiger partial charge in [-0.25, -0.2) is 0 Å². The van der Waals surface area contributed by atoms with Crippen LogP contribution in [0.25, 0.3) is 0 Å². The van der Waals surface area contributed by atoms with Crippen LogP contribution >= 0.6 is 23.2 Å². The van der Waals surface area contributed by atoms with Gasteiger partial charge in [-0.1, -0.05) is 29.8 Å². The maximum atomic E-state index is 6.41. The first-order valence-electron chi connectivity index (χ1n) is 5.46. The molecule has 1 atom stereocenters. The summed E-state index contributed by atoms with van der Waals surface area (Å²) in [6.45, 7) is 1.99. The highest BCUT2D eigenvalue weighted by molar-refractivity contribution is 6.33. The van der Waals surface area contributed by atoms with Crippen molar-refractivity contribution in [1.29, 1.82) is 0 Å². The topological polar surface area (TPSA) is 12.9 Å². The standard InChI is InChI=1S/C14H13Cl2N/c1-10-3-2-4-12(14(10)16)13(15)9-11-5-7-17-8-6-11/h2-8,13H,9H2,1H3. The zero-order valence-corrected chi connectivity index (χ0v) is 11.0. The van der Waals surface area contributed by atoms with Crippen molar-refractivity contribution in [3.05, 3.63) is 64.4 Å². The lowest BCUT2D eigenvalue weighted by atomic mass is 10.0. The highest BCUT2D eigenvalue weighted by Crippen LogP contribution is 2.32. The van der Waals surface area contributed by atoms with E-state index in [1.54, 1.807) is 12.4 Å². The summed E-state index contributed by atoms with van der Waals surface area (Å²) in [6.07, 6.45) is 4.31. The number of nitrogens with zero attached hydrogens (tertiary/aromatic N) is 1. The Morgan fingerprint density at radius 2 is 1.88 bits per heavy atom. The van der Waals surface area contributed by atoms with E-state index in [9.17, 15) is 0 Å². The lowest BCUT2D eigenvalue weighted by Gasteiger charge is -2.13. The second-order valence-electron chi connectivity index (χ2n) is 4.01. The van der Waals surface area contributed by atoms with Crippen LogP contribution in [0.1, 0.15) is 22.1 Å². The molecule has 1 aromatic carbocycles. The van der Waals surface area contributed by atoms with Gasteiger partial charge in [0, 0.05) is 17.4 Å². The predicted molar refractivity (Wildman–Crippen MR) is 72.7 cm³/mol. The molecule has 0 aliphatic rings. The van der Waals surface area contributed by atoms with Gasteiger partial charge >= 0.3 is 0 Å². The summed E-state index contributed by atoms with van der Waals surface area (Å²) in [7, 11) is 0. The van der Waals surface area contributed by atoms with Crippen molar-refractivity contribution >= 4 is 23.2 Å². The van der Waals surface area contributed by atoms with E-state index in [0.717, 1.165) is 28.1 Å². The van der Waals surface area contributed by atoms with Gasteiger partial charge in [0.05, 0.1) is 5.38 Å². The molecule has 0 saturated heterocycles. The van der Waals surface area contributed by atoms with E-state index in [0.29, 0.717) is 0 Å². The van der Waals surface area contributed by atoms with E-state index in [4.69, 9.17) is 23.2 Å². The van der Waals surface area contributed by atoms with Crippen molar-refractivity contribution in [2.24, 2.45) is 0 Å². The summed E-state index contributed by atoms with van der Waals surface area (Å²) in [4.78, 5) is 3.99. The van der Waals surface area contributed by atoms with Crippen LogP contribution in [0.5, 0.6) is 0 Å². The molecule has 3 heteroatoms. The number of pyridine rings is 1. The Kier molecular flexibility index (Phi) is 4.03. The number of hydrogen-bond acceptors (Lipinski definition) is 1. The summed E-state index contributed by atoms with van der Waals surface area (Å²) in [5.41, 5.74) is 3.22. The Bertz CT molecular complexity index is 497. The number of halogens is 2. The highest BCUT2D eigenvalue weighted by atomic mass is 35.5. The number of benzene rings is 1. The molecule has 2 rings (SSSR count). The molecule has 0 amide bonds. The summed E-state index contributed by atoms with van der Waals surface area (Å²) in [5.74, 6) is 0. The fourth-order valence-corrected chi connectivity index (χ4v) is 2.42. The minimum Gasteiger partial charge on any atom is -0.265 e. The summed E-state index contributed by atoms with van der Waals surface area (Å²) in [5, 5.41) is 0.659. The number of hydrogen-bond donors (Lipinski definition) is 0. The molecular weight excluding hydrogens is 253 g/mol. The summed E-state index contributed by atoms with van der Waals surface area (Å²) in [6, 6.07) is 9.90. The Hall–Kier alpha value is -1.05. The SMILES string of the molecule is Cc1cccc(C(Cl)Cc2ccncc2)c1Cl. The van der Waals surface area contributed by atoms with Crippen molar-refractivity contribution in [1.82, 2.24) is 4.98 Å². The van der Waals surface area contributed by atoms with Gasteiger partial charge in [0.1, 0.15) is 0 Å². The van der Waals surface area contributed by atoms with Crippen molar-refractivity contribution in [2.75, 3.05) is 0 Å². The normalized spacial score (nSPS) is 12.4. The van der Waals surface area contributed by atoms with Gasteiger partial charge in [0.25, 0.3) is 0 Å². The zero-order chi connectivity index (χ0) is 12.3. The second-order valence-corrected chi connectivity index (χ2v) is 4.91. The van der Waals surface area contributed by atoms with E-state index in [-0.39, 0.29) is 5.38 Å². The third-order valence-corrected chi connectivity index (χ3v) is 3.63. The second kappa shape index (κ2) is 5.52. The number of rotatable bonds is 3. The van der Waals surface area contributed by atoms with Gasteiger partial charge in [-0.2, -0.15) is 0 Å². The van der Waals surface area contributed by atoms with Crippen LogP contribution < -0.4 is 0 Å². The number of aryl methyl sites for hydroxylation is 1. The lowest BCUT2D eigenvalue weighted by molar-refractivity contribution is 0.915. The average molecular weight is 266 g/mol. The number of alkyl halides is 1. The highest BCUT2D eigenvalue weighted by Gasteiger charge is 2.13. The molecule has 0 saturated carbocycles. The van der Waals surface area contributed by atoms with Crippen LogP contribution in [0.3, 0.4) is 0 Å². The van der Waals surface area contributed by atoms with E-state index >= 15 is 0 Å². The fraction of sp³-hybridized carbons (Fsp3) is 0.214. The quantitative estimate of drug-likeness (QED) is 0.742. The van der Waals surface area contributed by atoms with Crippen LogP contribution in [-0.4, -0.2) is 4.98 Å². The van der Waals surface area contributed by atoms with Crippen LogP contribution in [0, 0.1) is 6.92 Å². The zero-order valence-electron chi connectivity index (χ0n) is 9.53. The first-order chi connectivity index (χ1) is 8.18. The van der Waals surface area contributed by atoms with Gasteiger partial charge in [-0.15, -0.1) is 11.6 Å². The molecule has 1 nitrogen and oxygen atoms in total. The van der Waals surface area contributed by atoms with Crippen molar-refractivity contribution in [3.63, 3.8) is 0 Å². The predicted octanol–water partition coefficient (Wildman–Crippen LogP) is 4.57. The Morgan fingerprint density at radius 3 is 2.59 bits per heavy atom. The third kappa shape index (κ3) is 2.99. The Morgan fingerprint density at radius 1 is 1.18 bits per heavy atom. The van der Waals surface area contributed by atoms with Crippen LogP contribution in [-0.2, 0) is 6.42 Å². The molecule has 0 radical (unpaired) electrons. The molecule has 0 N–H and O–H groups in total. The number of aromatic nitrogens is 1. The van der Waals surface area contributed by atoms with Gasteiger partial charge in [0.15, 0.2) is 0 Å². The minimum absolute atomic E-state index is 0.107. The molecule has 0 aliphatic carbocycles. The minimum atomic E-state index is -0.107. The van der Waals surface area contributed by atoms with Crippen LogP contribution in [0.2, 0.25) is 5.02 Å². The van der Waals surface area contributed by atoms with Crippen LogP contribution in [0.15, 0.2) is 42.7 Å². The lowest BCUT2D eigenvalue weighted by Crippen LogP contribution is -1.98. The molecule has 2 aromatic rings. The van der Waals surface area contributed by atoms with Gasteiger partial charge < -0.3 is 0 Å². The molecular formula is C14H13Cl2N. The van der Waals surface area contributed by atoms with Crippen molar-refractivity contribution in [2.45, 2.75) is 18.7 Å². The summed E-state index contributed by atoms with van der Waals surface area (Å²) < 4.78 is 0. The third-order valence-electron chi connectivity index (χ3n) is 2.72. The van der Waals surface area contributed by atoms with Gasteiger partial charge in [-0.3, -0.25) is 4.98 Å².